The Morgan fingerprint density at radius 1 is 1.03 bits per heavy atom. The second-order valence-electron chi connectivity index (χ2n) is 7.72. The molecule has 0 unspecified atom stereocenters. The summed E-state index contributed by atoms with van der Waals surface area (Å²) in [7, 11) is 0. The van der Waals surface area contributed by atoms with Crippen LogP contribution in [0.5, 0.6) is 11.5 Å². The Balaban J connectivity index is 1.28. The molecule has 1 heterocycles. The predicted molar refractivity (Wildman–Crippen MR) is 129 cm³/mol. The van der Waals surface area contributed by atoms with Gasteiger partial charge in [0.05, 0.1) is 22.7 Å². The number of para-hydroxylation sites is 2. The van der Waals surface area contributed by atoms with Crippen molar-refractivity contribution < 1.29 is 13.9 Å². The van der Waals surface area contributed by atoms with Gasteiger partial charge in [0, 0.05) is 18.5 Å². The summed E-state index contributed by atoms with van der Waals surface area (Å²) in [6.45, 7) is 4.30. The van der Waals surface area contributed by atoms with Crippen molar-refractivity contribution in [2.75, 3.05) is 13.2 Å². The molecular weight excluding hydrogens is 441 g/mol. The van der Waals surface area contributed by atoms with E-state index < -0.39 is 0 Å². The Kier molecular flexibility index (Phi) is 7.81. The van der Waals surface area contributed by atoms with E-state index >= 15 is 0 Å². The number of benzene rings is 3. The molecule has 0 atom stereocenters. The third kappa shape index (κ3) is 6.24. The molecule has 33 heavy (non-hydrogen) atoms. The lowest BCUT2D eigenvalue weighted by atomic mass is 10.2. The molecule has 0 amide bonds. The average Bonchev–Trinajstić information content (AvgIpc) is 3.22. The van der Waals surface area contributed by atoms with Gasteiger partial charge in [-0.1, -0.05) is 35.9 Å². The van der Waals surface area contributed by atoms with E-state index in [0.29, 0.717) is 23.1 Å². The lowest BCUT2D eigenvalue weighted by Gasteiger charge is -2.14. The largest absolute Gasteiger partial charge is 0.490 e. The molecule has 0 radical (unpaired) electrons. The van der Waals surface area contributed by atoms with Crippen molar-refractivity contribution in [3.8, 4) is 11.5 Å². The summed E-state index contributed by atoms with van der Waals surface area (Å²) >= 11 is 6.10. The normalized spacial score (nSPS) is 11.1. The number of aryl methyl sites for hydroxylation is 1. The number of nitrogens with zero attached hydrogens (tertiary/aromatic N) is 1. The van der Waals surface area contributed by atoms with E-state index in [2.05, 4.69) is 15.3 Å². The van der Waals surface area contributed by atoms with E-state index in [1.165, 1.54) is 12.1 Å². The second-order valence-corrected chi connectivity index (χ2v) is 8.13. The maximum atomic E-state index is 13.2. The Hall–Kier alpha value is -3.09. The number of aromatic amines is 1. The first-order valence-corrected chi connectivity index (χ1v) is 11.5. The van der Waals surface area contributed by atoms with Crippen LogP contribution >= 0.6 is 11.6 Å². The van der Waals surface area contributed by atoms with Crippen LogP contribution in [0.25, 0.3) is 11.0 Å². The summed E-state index contributed by atoms with van der Waals surface area (Å²) in [5, 5.41) is 3.82. The summed E-state index contributed by atoms with van der Waals surface area (Å²) in [6.07, 6.45) is 1.88. The minimum absolute atomic E-state index is 0.235. The van der Waals surface area contributed by atoms with Crippen molar-refractivity contribution in [2.45, 2.75) is 32.9 Å². The fourth-order valence-electron chi connectivity index (χ4n) is 3.58. The molecule has 1 aromatic heterocycles. The van der Waals surface area contributed by atoms with Crippen molar-refractivity contribution in [2.24, 2.45) is 0 Å². The minimum Gasteiger partial charge on any atom is -0.490 e. The van der Waals surface area contributed by atoms with E-state index in [4.69, 9.17) is 21.1 Å². The molecule has 0 bridgehead atoms. The quantitative estimate of drug-likeness (QED) is 0.263. The van der Waals surface area contributed by atoms with Crippen LogP contribution in [0.4, 0.5) is 4.39 Å². The number of nitrogens with one attached hydrogen (secondary N) is 2. The number of hydrogen-bond acceptors (Lipinski definition) is 4. The highest BCUT2D eigenvalue weighted by Gasteiger charge is 2.09. The minimum atomic E-state index is -0.367. The average molecular weight is 468 g/mol. The first kappa shape index (κ1) is 23.1. The smallest absolute Gasteiger partial charge is 0.161 e. The van der Waals surface area contributed by atoms with Crippen LogP contribution in [0.3, 0.4) is 0 Å². The molecule has 4 rings (SSSR count). The molecule has 172 valence electrons. The zero-order valence-electron chi connectivity index (χ0n) is 18.5. The van der Waals surface area contributed by atoms with Crippen LogP contribution in [-0.2, 0) is 19.6 Å². The number of halogens is 2. The molecule has 7 heteroatoms. The molecule has 0 saturated heterocycles. The number of rotatable bonds is 11. The molecule has 0 aliphatic carbocycles. The molecule has 0 spiro atoms. The van der Waals surface area contributed by atoms with Gasteiger partial charge in [-0.3, -0.25) is 0 Å². The monoisotopic (exact) mass is 467 g/mol. The van der Waals surface area contributed by atoms with Gasteiger partial charge in [-0.2, -0.15) is 0 Å². The molecular formula is C26H27ClFN3O2. The Morgan fingerprint density at radius 3 is 2.73 bits per heavy atom. The maximum Gasteiger partial charge on any atom is 0.161 e. The molecule has 5 nitrogen and oxygen atoms in total. The Morgan fingerprint density at radius 2 is 1.91 bits per heavy atom. The van der Waals surface area contributed by atoms with Gasteiger partial charge in [-0.15, -0.1) is 0 Å². The molecule has 0 saturated carbocycles. The fourth-order valence-corrected chi connectivity index (χ4v) is 3.80. The lowest BCUT2D eigenvalue weighted by molar-refractivity contribution is 0.269. The molecule has 2 N–H and O–H groups in total. The van der Waals surface area contributed by atoms with Crippen molar-refractivity contribution in [1.82, 2.24) is 15.3 Å². The molecule has 4 aromatic rings. The highest BCUT2D eigenvalue weighted by atomic mass is 35.5. The standard InChI is InChI=1S/C26H27ClFN3O2/c1-2-32-25-14-18(9-12-24(25)33-17-19-10-11-20(28)15-21(19)27)16-29-13-5-8-26-30-22-6-3-4-7-23(22)31-26/h3-4,6-7,9-12,14-15,29H,2,5,8,13,16-17H2,1H3,(H,30,31). The number of ether oxygens (including phenoxy) is 2. The van der Waals surface area contributed by atoms with Gasteiger partial charge in [0.2, 0.25) is 0 Å². The van der Waals surface area contributed by atoms with Crippen LogP contribution in [0.2, 0.25) is 5.02 Å². The van der Waals surface area contributed by atoms with Crippen molar-refractivity contribution in [3.63, 3.8) is 0 Å². The van der Waals surface area contributed by atoms with E-state index in [1.807, 2.05) is 49.4 Å². The SMILES string of the molecule is CCOc1cc(CNCCCc2nc3ccccc3[nH]2)ccc1OCc1ccc(F)cc1Cl. The van der Waals surface area contributed by atoms with Crippen LogP contribution in [-0.4, -0.2) is 23.1 Å². The predicted octanol–water partition coefficient (Wildman–Crippen LogP) is 6.06. The van der Waals surface area contributed by atoms with E-state index in [9.17, 15) is 4.39 Å². The number of imidazole rings is 1. The number of aromatic nitrogens is 2. The third-order valence-corrected chi connectivity index (χ3v) is 5.59. The number of fused-ring (bicyclic) bond motifs is 1. The summed E-state index contributed by atoms with van der Waals surface area (Å²) in [5.41, 5.74) is 3.91. The van der Waals surface area contributed by atoms with E-state index in [0.717, 1.165) is 53.9 Å². The summed E-state index contributed by atoms with van der Waals surface area (Å²) in [6, 6.07) is 18.2. The molecule has 0 aliphatic heterocycles. The van der Waals surface area contributed by atoms with Gasteiger partial charge >= 0.3 is 0 Å². The van der Waals surface area contributed by atoms with Gasteiger partial charge < -0.3 is 19.8 Å². The molecule has 0 aliphatic rings. The summed E-state index contributed by atoms with van der Waals surface area (Å²) < 4.78 is 24.9. The summed E-state index contributed by atoms with van der Waals surface area (Å²) in [5.74, 6) is 1.95. The van der Waals surface area contributed by atoms with E-state index in [-0.39, 0.29) is 12.4 Å². The highest BCUT2D eigenvalue weighted by Crippen LogP contribution is 2.30. The highest BCUT2D eigenvalue weighted by molar-refractivity contribution is 6.31. The first-order valence-electron chi connectivity index (χ1n) is 11.1. The topological polar surface area (TPSA) is 59.2 Å². The van der Waals surface area contributed by atoms with Crippen molar-refractivity contribution in [3.05, 3.63) is 88.5 Å². The van der Waals surface area contributed by atoms with Gasteiger partial charge in [0.25, 0.3) is 0 Å². The van der Waals surface area contributed by atoms with Crippen LogP contribution in [0, 0.1) is 5.82 Å². The van der Waals surface area contributed by atoms with Crippen LogP contribution in [0.1, 0.15) is 30.3 Å². The molecule has 3 aromatic carbocycles. The van der Waals surface area contributed by atoms with Gasteiger partial charge in [-0.25, -0.2) is 9.37 Å². The third-order valence-electron chi connectivity index (χ3n) is 5.24. The van der Waals surface area contributed by atoms with Crippen molar-refractivity contribution in [1.29, 1.82) is 0 Å². The second kappa shape index (κ2) is 11.2. The fraction of sp³-hybridized carbons (Fsp3) is 0.269. The van der Waals surface area contributed by atoms with E-state index in [1.54, 1.807) is 6.07 Å². The van der Waals surface area contributed by atoms with Gasteiger partial charge in [-0.05, 0) is 61.9 Å². The lowest BCUT2D eigenvalue weighted by Crippen LogP contribution is -2.15. The Labute approximate surface area is 197 Å². The van der Waals surface area contributed by atoms with Crippen LogP contribution in [0.15, 0.2) is 60.7 Å². The zero-order valence-corrected chi connectivity index (χ0v) is 19.3. The Bertz CT molecular complexity index is 1180. The van der Waals surface area contributed by atoms with Gasteiger partial charge in [0.15, 0.2) is 11.5 Å². The van der Waals surface area contributed by atoms with Crippen LogP contribution < -0.4 is 14.8 Å². The maximum absolute atomic E-state index is 13.2. The van der Waals surface area contributed by atoms with Crippen molar-refractivity contribution >= 4 is 22.6 Å². The summed E-state index contributed by atoms with van der Waals surface area (Å²) in [4.78, 5) is 7.98. The first-order chi connectivity index (χ1) is 16.1. The number of H-pyrrole nitrogens is 1. The van der Waals surface area contributed by atoms with Gasteiger partial charge in [0.1, 0.15) is 18.2 Å². The molecule has 0 fully saturated rings. The zero-order chi connectivity index (χ0) is 23.0. The number of hydrogen-bond donors (Lipinski definition) is 2.